The zero-order valence-corrected chi connectivity index (χ0v) is 7.85. The van der Waals surface area contributed by atoms with Crippen molar-refractivity contribution in [3.05, 3.63) is 0 Å². The Bertz CT molecular complexity index is 134. The van der Waals surface area contributed by atoms with Crippen LogP contribution in [0.1, 0.15) is 12.8 Å². The van der Waals surface area contributed by atoms with Crippen LogP contribution in [0.15, 0.2) is 0 Å². The Kier molecular flexibility index (Phi) is 4.30. The van der Waals surface area contributed by atoms with Gasteiger partial charge in [-0.2, -0.15) is 0 Å². The number of hydrogen-bond donors (Lipinski definition) is 0. The molecule has 64 valence electrons. The van der Waals surface area contributed by atoms with Gasteiger partial charge >= 0.3 is 0 Å². The van der Waals surface area contributed by atoms with Gasteiger partial charge < -0.3 is 0 Å². The molecule has 0 atom stereocenters. The lowest BCUT2D eigenvalue weighted by Crippen LogP contribution is -2.13. The number of thioether (sulfide) groups is 2. The lowest BCUT2D eigenvalue weighted by atomic mass is 10.3. The van der Waals surface area contributed by atoms with Crippen LogP contribution in [-0.4, -0.2) is 28.5 Å². The van der Waals surface area contributed by atoms with E-state index in [1.165, 1.54) is 6.42 Å². The summed E-state index contributed by atoms with van der Waals surface area (Å²) in [6, 6.07) is 0. The third-order valence-electron chi connectivity index (χ3n) is 1.44. The zero-order chi connectivity index (χ0) is 8.10. The number of alkyl halides is 1. The smallest absolute Gasteiger partial charge is 0.165 e. The molecular weight excluding hydrogens is 183 g/mol. The fourth-order valence-electron chi connectivity index (χ4n) is 0.895. The fraction of sp³-hybridized carbons (Fsp3) is 0.857. The van der Waals surface area contributed by atoms with Crippen LogP contribution in [0.2, 0.25) is 0 Å². The van der Waals surface area contributed by atoms with Gasteiger partial charge in [-0.1, -0.05) is 0 Å². The topological polar surface area (TPSA) is 17.1 Å². The summed E-state index contributed by atoms with van der Waals surface area (Å²) < 4.78 is 12.1. The minimum atomic E-state index is -0.794. The van der Waals surface area contributed by atoms with E-state index in [1.54, 1.807) is 23.5 Å². The second-order valence-corrected chi connectivity index (χ2v) is 5.32. The van der Waals surface area contributed by atoms with Gasteiger partial charge in [0.25, 0.3) is 0 Å². The maximum absolute atomic E-state index is 11.8. The van der Waals surface area contributed by atoms with Crippen LogP contribution >= 0.6 is 23.5 Å². The van der Waals surface area contributed by atoms with Gasteiger partial charge in [0.2, 0.25) is 0 Å². The van der Waals surface area contributed by atoms with Crippen LogP contribution in [-0.2, 0) is 4.79 Å². The van der Waals surface area contributed by atoms with Crippen LogP contribution in [0.4, 0.5) is 4.39 Å². The summed E-state index contributed by atoms with van der Waals surface area (Å²) in [4.78, 5) is 10.7. The highest BCUT2D eigenvalue weighted by Crippen LogP contribution is 2.32. The number of carbonyl (C=O) groups excluding carboxylic acids is 1. The first-order chi connectivity index (χ1) is 5.33. The number of Topliss-reactive ketones (excluding diaryl/α,β-unsaturated/α-hetero) is 1. The molecule has 0 amide bonds. The first-order valence-electron chi connectivity index (χ1n) is 3.64. The summed E-state index contributed by atoms with van der Waals surface area (Å²) >= 11 is 3.56. The molecule has 1 nitrogen and oxygen atoms in total. The highest BCUT2D eigenvalue weighted by atomic mass is 32.2. The molecule has 1 heterocycles. The molecule has 1 aliphatic heterocycles. The molecule has 1 saturated heterocycles. The molecule has 0 aromatic rings. The third kappa shape index (κ3) is 3.47. The Labute approximate surface area is 74.5 Å². The molecule has 0 bridgehead atoms. The van der Waals surface area contributed by atoms with Crippen molar-refractivity contribution in [1.82, 2.24) is 0 Å². The zero-order valence-electron chi connectivity index (χ0n) is 6.22. The Hall–Kier alpha value is 0.300. The summed E-state index contributed by atoms with van der Waals surface area (Å²) in [7, 11) is 0. The van der Waals surface area contributed by atoms with Crippen molar-refractivity contribution in [2.24, 2.45) is 0 Å². The van der Waals surface area contributed by atoms with Crippen LogP contribution in [0, 0.1) is 0 Å². The van der Waals surface area contributed by atoms with Gasteiger partial charge in [0.05, 0.1) is 4.58 Å². The van der Waals surface area contributed by atoms with Crippen molar-refractivity contribution >= 4 is 29.3 Å². The van der Waals surface area contributed by atoms with E-state index in [0.717, 1.165) is 11.5 Å². The van der Waals surface area contributed by atoms with Crippen molar-refractivity contribution in [2.75, 3.05) is 18.2 Å². The first-order valence-corrected chi connectivity index (χ1v) is 5.73. The molecule has 4 heteroatoms. The van der Waals surface area contributed by atoms with E-state index in [-0.39, 0.29) is 5.78 Å². The summed E-state index contributed by atoms with van der Waals surface area (Å²) in [5.41, 5.74) is 0. The van der Waals surface area contributed by atoms with Crippen LogP contribution in [0.3, 0.4) is 0 Å². The van der Waals surface area contributed by atoms with E-state index in [0.29, 0.717) is 11.0 Å². The fourth-order valence-corrected chi connectivity index (χ4v) is 3.80. The SMILES string of the molecule is O=C(CF)CC1SCCCS1. The highest BCUT2D eigenvalue weighted by Gasteiger charge is 2.17. The number of ketones is 1. The Balaban J connectivity index is 2.19. The van der Waals surface area contributed by atoms with Gasteiger partial charge in [-0.15, -0.1) is 23.5 Å². The van der Waals surface area contributed by atoms with E-state index in [2.05, 4.69) is 0 Å². The van der Waals surface area contributed by atoms with Gasteiger partial charge in [-0.25, -0.2) is 4.39 Å². The van der Waals surface area contributed by atoms with Gasteiger partial charge in [0.1, 0.15) is 6.67 Å². The molecule has 0 aromatic carbocycles. The van der Waals surface area contributed by atoms with Crippen molar-refractivity contribution in [3.8, 4) is 0 Å². The quantitative estimate of drug-likeness (QED) is 0.685. The first kappa shape index (κ1) is 9.39. The van der Waals surface area contributed by atoms with Gasteiger partial charge in [0.15, 0.2) is 5.78 Å². The largest absolute Gasteiger partial charge is 0.297 e. The molecule has 11 heavy (non-hydrogen) atoms. The number of hydrogen-bond acceptors (Lipinski definition) is 3. The average molecular weight is 194 g/mol. The molecule has 0 unspecified atom stereocenters. The summed E-state index contributed by atoms with van der Waals surface area (Å²) in [6.45, 7) is -0.794. The summed E-state index contributed by atoms with van der Waals surface area (Å²) in [5, 5.41) is 0. The molecule has 1 fully saturated rings. The monoisotopic (exact) mass is 194 g/mol. The van der Waals surface area contributed by atoms with Gasteiger partial charge in [-0.3, -0.25) is 4.79 Å². The van der Waals surface area contributed by atoms with Gasteiger partial charge in [-0.05, 0) is 17.9 Å². The molecule has 0 N–H and O–H groups in total. The minimum absolute atomic E-state index is 0.253. The molecule has 0 aromatic heterocycles. The van der Waals surface area contributed by atoms with Crippen molar-refractivity contribution < 1.29 is 9.18 Å². The predicted octanol–water partition coefficient (Wildman–Crippen LogP) is 2.11. The minimum Gasteiger partial charge on any atom is -0.297 e. The third-order valence-corrected chi connectivity index (χ3v) is 4.38. The number of carbonyl (C=O) groups is 1. The second kappa shape index (κ2) is 5.04. The van der Waals surface area contributed by atoms with E-state index in [4.69, 9.17) is 0 Å². The lowest BCUT2D eigenvalue weighted by molar-refractivity contribution is -0.119. The Morgan fingerprint density at radius 3 is 2.64 bits per heavy atom. The van der Waals surface area contributed by atoms with E-state index in [9.17, 15) is 9.18 Å². The van der Waals surface area contributed by atoms with Gasteiger partial charge in [0, 0.05) is 6.42 Å². The molecular formula is C7H11FOS2. The van der Waals surface area contributed by atoms with Crippen LogP contribution in [0.5, 0.6) is 0 Å². The molecule has 1 aliphatic rings. The number of rotatable bonds is 3. The van der Waals surface area contributed by atoms with E-state index in [1.807, 2.05) is 0 Å². The molecule has 0 spiro atoms. The average Bonchev–Trinajstić information content (AvgIpc) is 2.06. The number of halogens is 1. The van der Waals surface area contributed by atoms with Crippen LogP contribution < -0.4 is 0 Å². The standard InChI is InChI=1S/C7H11FOS2/c8-5-6(9)4-7-10-2-1-3-11-7/h7H,1-5H2. The molecule has 0 aliphatic carbocycles. The normalized spacial score (nSPS) is 20.1. The van der Waals surface area contributed by atoms with Crippen LogP contribution in [0.25, 0.3) is 0 Å². The second-order valence-electron chi connectivity index (χ2n) is 2.40. The summed E-state index contributed by atoms with van der Waals surface area (Å²) in [5.74, 6) is 1.99. The Morgan fingerprint density at radius 2 is 2.09 bits per heavy atom. The van der Waals surface area contributed by atoms with Crippen molar-refractivity contribution in [3.63, 3.8) is 0 Å². The molecule has 0 radical (unpaired) electrons. The van der Waals surface area contributed by atoms with E-state index < -0.39 is 6.67 Å². The van der Waals surface area contributed by atoms with Crippen molar-refractivity contribution in [1.29, 1.82) is 0 Å². The maximum atomic E-state index is 11.8. The maximum Gasteiger partial charge on any atom is 0.165 e. The predicted molar refractivity (Wildman–Crippen MR) is 48.9 cm³/mol. The molecule has 1 rings (SSSR count). The van der Waals surface area contributed by atoms with Crippen molar-refractivity contribution in [2.45, 2.75) is 17.4 Å². The van der Waals surface area contributed by atoms with E-state index >= 15 is 0 Å². The highest BCUT2D eigenvalue weighted by molar-refractivity contribution is 8.17. The lowest BCUT2D eigenvalue weighted by Gasteiger charge is -2.19. The Morgan fingerprint density at radius 1 is 1.45 bits per heavy atom. The molecule has 0 saturated carbocycles. The summed E-state index contributed by atoms with van der Waals surface area (Å²) in [6.07, 6.45) is 1.63.